The van der Waals surface area contributed by atoms with Crippen molar-refractivity contribution in [3.8, 4) is 5.75 Å². The first-order valence-corrected chi connectivity index (χ1v) is 23.1. The topological polar surface area (TPSA) is 226 Å². The molecule has 1 aliphatic heterocycles. The van der Waals surface area contributed by atoms with Gasteiger partial charge in [-0.15, -0.1) is 6.58 Å². The Morgan fingerprint density at radius 2 is 1.57 bits per heavy atom. The highest BCUT2D eigenvalue weighted by Gasteiger charge is 2.48. The highest BCUT2D eigenvalue weighted by atomic mass is 32.2. The second kappa shape index (κ2) is 18.5. The molecular formula is C40H62N6O10S2. The summed E-state index contributed by atoms with van der Waals surface area (Å²) in [5.41, 5.74) is -2.02. The van der Waals surface area contributed by atoms with Crippen molar-refractivity contribution in [3.63, 3.8) is 0 Å². The average Bonchev–Trinajstić information content (AvgIpc) is 3.86. The van der Waals surface area contributed by atoms with Crippen LogP contribution in [0.1, 0.15) is 99.3 Å². The lowest BCUT2D eigenvalue weighted by atomic mass is 9.83. The molecule has 0 bridgehead atoms. The third kappa shape index (κ3) is 12.0. The summed E-state index contributed by atoms with van der Waals surface area (Å²) in [6.07, 6.45) is 6.25. The van der Waals surface area contributed by atoms with Gasteiger partial charge in [0, 0.05) is 19.1 Å². The maximum Gasteiger partial charge on any atom is 0.315 e. The number of hydrogen-bond acceptors (Lipinski definition) is 10. The summed E-state index contributed by atoms with van der Waals surface area (Å²) >= 11 is 0. The number of ketones is 1. The number of ether oxygens (including phenoxy) is 1. The van der Waals surface area contributed by atoms with Crippen LogP contribution in [0, 0.1) is 11.3 Å². The number of nitrogens with one attached hydrogen (secondary N) is 5. The number of Topliss-reactive ketones (excluding diaryl/α,β-unsaturated/α-hetero) is 1. The van der Waals surface area contributed by atoms with Crippen molar-refractivity contribution in [2.75, 3.05) is 26.0 Å². The van der Waals surface area contributed by atoms with Gasteiger partial charge in [-0.2, -0.15) is 0 Å². The van der Waals surface area contributed by atoms with E-state index in [2.05, 4.69) is 32.6 Å². The Morgan fingerprint density at radius 1 is 0.948 bits per heavy atom. The SMILES string of the molecule is C=CCNC(=O)C(=O)C(CC1CC1)NC(=O)[C@@H]1C[C@@H](NS(=O)(=O)c2ccc(OC)cc2)CN1C(=O)[C@@H](NC(=O)NC1(CS(=O)(=O)C(C)(C)C)CCCCC1)C(C)(C)C. The molecule has 0 radical (unpaired) electrons. The number of urea groups is 1. The zero-order valence-corrected chi connectivity index (χ0v) is 36.4. The first-order chi connectivity index (χ1) is 26.9. The van der Waals surface area contributed by atoms with Crippen LogP contribution in [-0.2, 0) is 39.0 Å². The Balaban J connectivity index is 1.64. The van der Waals surface area contributed by atoms with E-state index in [1.165, 1.54) is 42.4 Å². The van der Waals surface area contributed by atoms with Gasteiger partial charge in [-0.1, -0.05) is 59.0 Å². The number of sulfone groups is 1. The number of nitrogens with zero attached hydrogens (tertiary/aromatic N) is 1. The molecule has 1 aromatic carbocycles. The van der Waals surface area contributed by atoms with Crippen LogP contribution in [0.3, 0.4) is 0 Å². The molecule has 4 atom stereocenters. The van der Waals surface area contributed by atoms with Crippen molar-refractivity contribution < 1.29 is 45.5 Å². The second-order valence-corrected chi connectivity index (χ2v) is 22.4. The third-order valence-electron chi connectivity index (χ3n) is 11.1. The van der Waals surface area contributed by atoms with E-state index in [1.54, 1.807) is 41.5 Å². The zero-order chi connectivity index (χ0) is 43.3. The van der Waals surface area contributed by atoms with Crippen LogP contribution in [0.15, 0.2) is 41.8 Å². The summed E-state index contributed by atoms with van der Waals surface area (Å²) in [6.45, 7) is 13.3. The molecule has 58 heavy (non-hydrogen) atoms. The predicted molar refractivity (Wildman–Crippen MR) is 219 cm³/mol. The van der Waals surface area contributed by atoms with Crippen LogP contribution in [0.25, 0.3) is 0 Å². The number of rotatable bonds is 17. The lowest BCUT2D eigenvalue weighted by Gasteiger charge is -2.41. The molecule has 3 fully saturated rings. The fraction of sp³-hybridized carbons (Fsp3) is 0.675. The summed E-state index contributed by atoms with van der Waals surface area (Å²) in [5.74, 6) is -2.93. The van der Waals surface area contributed by atoms with Gasteiger partial charge in [0.2, 0.25) is 27.6 Å². The Morgan fingerprint density at radius 3 is 2.10 bits per heavy atom. The van der Waals surface area contributed by atoms with Crippen molar-refractivity contribution in [2.24, 2.45) is 11.3 Å². The van der Waals surface area contributed by atoms with E-state index in [1.807, 2.05) is 0 Å². The van der Waals surface area contributed by atoms with Crippen LogP contribution < -0.4 is 30.7 Å². The van der Waals surface area contributed by atoms with Crippen LogP contribution in [0.4, 0.5) is 4.79 Å². The Hall–Kier alpha value is -4.03. The lowest BCUT2D eigenvalue weighted by molar-refractivity contribution is -0.143. The fourth-order valence-corrected chi connectivity index (χ4v) is 10.2. The summed E-state index contributed by atoms with van der Waals surface area (Å²) in [4.78, 5) is 70.0. The quantitative estimate of drug-likeness (QED) is 0.114. The van der Waals surface area contributed by atoms with Crippen LogP contribution >= 0.6 is 0 Å². The number of carbonyl (C=O) groups is 5. The molecule has 1 saturated heterocycles. The van der Waals surface area contributed by atoms with Gasteiger partial charge in [0.05, 0.1) is 34.1 Å². The molecule has 1 aromatic rings. The Kier molecular flexibility index (Phi) is 14.9. The average molecular weight is 851 g/mol. The molecule has 324 valence electrons. The van der Waals surface area contributed by atoms with Gasteiger partial charge in [0.15, 0.2) is 9.84 Å². The van der Waals surface area contributed by atoms with E-state index in [0.717, 1.165) is 19.3 Å². The normalized spacial score (nSPS) is 20.9. The van der Waals surface area contributed by atoms with Gasteiger partial charge in [-0.25, -0.2) is 26.4 Å². The summed E-state index contributed by atoms with van der Waals surface area (Å²) in [5, 5.41) is 10.9. The van der Waals surface area contributed by atoms with E-state index >= 15 is 0 Å². The molecule has 0 spiro atoms. The number of methoxy groups -OCH3 is 1. The van der Waals surface area contributed by atoms with Crippen LogP contribution in [-0.4, -0.2) is 112 Å². The van der Waals surface area contributed by atoms with Crippen molar-refractivity contribution >= 4 is 49.4 Å². The van der Waals surface area contributed by atoms with E-state index in [4.69, 9.17) is 4.74 Å². The first kappa shape index (κ1) is 46.7. The van der Waals surface area contributed by atoms with Crippen molar-refractivity contribution in [2.45, 2.75) is 139 Å². The summed E-state index contributed by atoms with van der Waals surface area (Å²) < 4.78 is 60.6. The molecule has 1 heterocycles. The van der Waals surface area contributed by atoms with Crippen molar-refractivity contribution in [3.05, 3.63) is 36.9 Å². The lowest BCUT2D eigenvalue weighted by Crippen LogP contribution is -2.63. The molecule has 18 heteroatoms. The second-order valence-electron chi connectivity index (χ2n) is 17.9. The van der Waals surface area contributed by atoms with E-state index in [0.29, 0.717) is 31.4 Å². The molecular weight excluding hydrogens is 789 g/mol. The smallest absolute Gasteiger partial charge is 0.315 e. The molecule has 16 nitrogen and oxygen atoms in total. The zero-order valence-electron chi connectivity index (χ0n) is 34.8. The monoisotopic (exact) mass is 850 g/mol. The number of likely N-dealkylation sites (tertiary alicyclic amines) is 1. The van der Waals surface area contributed by atoms with Crippen LogP contribution in [0.5, 0.6) is 5.75 Å². The van der Waals surface area contributed by atoms with E-state index in [-0.39, 0.29) is 42.5 Å². The minimum Gasteiger partial charge on any atom is -0.497 e. The molecule has 3 aliphatic rings. The Labute approximate surface area is 343 Å². The number of benzene rings is 1. The van der Waals surface area contributed by atoms with Crippen molar-refractivity contribution in [1.29, 1.82) is 0 Å². The van der Waals surface area contributed by atoms with Crippen LogP contribution in [0.2, 0.25) is 0 Å². The van der Waals surface area contributed by atoms with Gasteiger partial charge >= 0.3 is 6.03 Å². The first-order valence-electron chi connectivity index (χ1n) is 19.9. The molecule has 1 unspecified atom stereocenters. The molecule has 0 aromatic heterocycles. The maximum absolute atomic E-state index is 14.7. The van der Waals surface area contributed by atoms with Gasteiger partial charge in [-0.3, -0.25) is 19.2 Å². The van der Waals surface area contributed by atoms with Gasteiger partial charge in [0.25, 0.3) is 5.91 Å². The standard InChI is InChI=1S/C40H62N6O10S2/c1-9-21-41-35(49)32(47)30(22-26-13-14-26)42-34(48)31-23-27(45-58(54,55)29-17-15-28(56-8)16-18-29)24-46(31)36(50)33(38(2,3)4)43-37(51)44-40(19-11-10-12-20-40)25-57(52,53)39(5,6)7/h9,15-18,26-27,30-31,33,45H,1,10-14,19-25H2,2-8H3,(H,41,49)(H,42,48)(H2,43,44,51)/t27-,30?,31+,33-/m1/s1. The maximum atomic E-state index is 14.7. The highest BCUT2D eigenvalue weighted by molar-refractivity contribution is 7.92. The van der Waals surface area contributed by atoms with Gasteiger partial charge in [0.1, 0.15) is 17.8 Å². The summed E-state index contributed by atoms with van der Waals surface area (Å²) in [7, 11) is -6.38. The molecule has 5 amide bonds. The number of sulfonamides is 1. The largest absolute Gasteiger partial charge is 0.497 e. The van der Waals surface area contributed by atoms with E-state index in [9.17, 15) is 40.8 Å². The minimum absolute atomic E-state index is 0.0396. The Bertz CT molecular complexity index is 1910. The minimum atomic E-state index is -4.17. The molecule has 2 saturated carbocycles. The predicted octanol–water partition coefficient (Wildman–Crippen LogP) is 2.73. The van der Waals surface area contributed by atoms with Gasteiger partial charge in [-0.05, 0) is 82.1 Å². The molecule has 4 rings (SSSR count). The third-order valence-corrected chi connectivity index (χ3v) is 15.4. The van der Waals surface area contributed by atoms with E-state index < -0.39 is 89.3 Å². The van der Waals surface area contributed by atoms with Gasteiger partial charge < -0.3 is 30.9 Å². The number of carbonyl (C=O) groups excluding carboxylic acids is 5. The fourth-order valence-electron chi connectivity index (χ4n) is 7.39. The number of amides is 5. The number of hydrogen-bond donors (Lipinski definition) is 5. The summed E-state index contributed by atoms with van der Waals surface area (Å²) in [6, 6.07) is 0.189. The highest BCUT2D eigenvalue weighted by Crippen LogP contribution is 2.35. The molecule has 5 N–H and O–H groups in total. The van der Waals surface area contributed by atoms with Crippen molar-refractivity contribution in [1.82, 2.24) is 30.9 Å². The molecule has 2 aliphatic carbocycles.